The number of ether oxygens (including phenoxy) is 1. The minimum absolute atomic E-state index is 0.0277. The van der Waals surface area contributed by atoms with E-state index < -0.39 is 38.5 Å². The highest BCUT2D eigenvalue weighted by atomic mass is 32.2. The summed E-state index contributed by atoms with van der Waals surface area (Å²) in [7, 11) is -4.70. The zero-order valence-electron chi connectivity index (χ0n) is 18.8. The van der Waals surface area contributed by atoms with Crippen LogP contribution in [-0.2, 0) is 29.6 Å². The number of carbonyl (C=O) groups excluding carboxylic acids is 2. The lowest BCUT2D eigenvalue weighted by Crippen LogP contribution is -2.30. The van der Waals surface area contributed by atoms with Crippen molar-refractivity contribution in [2.45, 2.75) is 23.6 Å². The highest BCUT2D eigenvalue weighted by Crippen LogP contribution is 2.20. The molecular formula is C21H27N3O7S2. The van der Waals surface area contributed by atoms with Crippen LogP contribution in [0, 0.1) is 0 Å². The summed E-state index contributed by atoms with van der Waals surface area (Å²) in [6, 6.07) is 11.0. The van der Waals surface area contributed by atoms with E-state index >= 15 is 0 Å². The maximum atomic E-state index is 12.6. The topological polar surface area (TPSA) is 130 Å². The molecule has 10 nitrogen and oxygen atoms in total. The summed E-state index contributed by atoms with van der Waals surface area (Å²) in [6.45, 7) is 3.43. The summed E-state index contributed by atoms with van der Waals surface area (Å²) < 4.78 is 57.0. The minimum atomic E-state index is -3.74. The molecule has 0 spiro atoms. The Bertz CT molecular complexity index is 1220. The number of hydrogen-bond acceptors (Lipinski definition) is 7. The number of hydrogen-bond donors (Lipinski definition) is 1. The van der Waals surface area contributed by atoms with Gasteiger partial charge >= 0.3 is 5.97 Å². The first kappa shape index (κ1) is 26.5. The Morgan fingerprint density at radius 2 is 1.45 bits per heavy atom. The molecule has 2 aromatic carbocycles. The van der Waals surface area contributed by atoms with Crippen molar-refractivity contribution < 1.29 is 31.2 Å². The van der Waals surface area contributed by atoms with E-state index in [1.165, 1.54) is 60.9 Å². The number of esters is 1. The first-order valence-corrected chi connectivity index (χ1v) is 12.9. The molecule has 0 aliphatic heterocycles. The van der Waals surface area contributed by atoms with Crippen LogP contribution in [0.1, 0.15) is 24.2 Å². The van der Waals surface area contributed by atoms with Crippen LogP contribution in [-0.4, -0.2) is 71.1 Å². The van der Waals surface area contributed by atoms with E-state index in [4.69, 9.17) is 4.74 Å². The molecule has 0 heterocycles. The molecule has 0 fully saturated rings. The van der Waals surface area contributed by atoms with Gasteiger partial charge in [0.05, 0.1) is 15.4 Å². The van der Waals surface area contributed by atoms with Gasteiger partial charge in [-0.15, -0.1) is 0 Å². The van der Waals surface area contributed by atoms with Gasteiger partial charge in [0, 0.05) is 32.9 Å². The first-order valence-electron chi connectivity index (χ1n) is 10.0. The largest absolute Gasteiger partial charge is 0.452 e. The minimum Gasteiger partial charge on any atom is -0.452 e. The number of anilines is 1. The molecule has 0 aliphatic carbocycles. The van der Waals surface area contributed by atoms with Crippen molar-refractivity contribution >= 4 is 37.6 Å². The molecule has 1 amide bonds. The Balaban J connectivity index is 2.06. The number of nitrogens with zero attached hydrogens (tertiary/aromatic N) is 2. The fourth-order valence-electron chi connectivity index (χ4n) is 2.85. The lowest BCUT2D eigenvalue weighted by molar-refractivity contribution is -0.119. The molecule has 2 aromatic rings. The van der Waals surface area contributed by atoms with Crippen LogP contribution in [0.4, 0.5) is 5.69 Å². The molecule has 0 unspecified atom stereocenters. The number of amides is 1. The Morgan fingerprint density at radius 1 is 0.879 bits per heavy atom. The Hall–Kier alpha value is -2.80. The van der Waals surface area contributed by atoms with E-state index in [2.05, 4.69) is 5.32 Å². The highest BCUT2D eigenvalue weighted by Gasteiger charge is 2.22. The fraction of sp³-hybridized carbons (Fsp3) is 0.333. The molecule has 2 rings (SSSR count). The number of rotatable bonds is 10. The van der Waals surface area contributed by atoms with Crippen LogP contribution < -0.4 is 5.32 Å². The summed E-state index contributed by atoms with van der Waals surface area (Å²) in [5, 5.41) is 2.49. The SMILES string of the molecule is CCN(CC)S(=O)(=O)c1cccc(NC(=O)COC(=O)c2cccc(S(=O)(=O)N(C)C)c2)c1. The number of sulfonamides is 2. The normalized spacial score (nSPS) is 12.1. The van der Waals surface area contributed by atoms with Crippen LogP contribution in [0.2, 0.25) is 0 Å². The number of benzene rings is 2. The third kappa shape index (κ3) is 6.38. The molecule has 33 heavy (non-hydrogen) atoms. The van der Waals surface area contributed by atoms with Gasteiger partial charge in [0.2, 0.25) is 20.0 Å². The predicted molar refractivity (Wildman–Crippen MR) is 123 cm³/mol. The van der Waals surface area contributed by atoms with Crippen molar-refractivity contribution in [3.05, 3.63) is 54.1 Å². The van der Waals surface area contributed by atoms with Gasteiger partial charge < -0.3 is 10.1 Å². The fourth-order valence-corrected chi connectivity index (χ4v) is 5.31. The van der Waals surface area contributed by atoms with Crippen molar-refractivity contribution in [3.63, 3.8) is 0 Å². The monoisotopic (exact) mass is 497 g/mol. The maximum Gasteiger partial charge on any atom is 0.338 e. The molecule has 0 saturated heterocycles. The van der Waals surface area contributed by atoms with Gasteiger partial charge in [-0.3, -0.25) is 4.79 Å². The number of carbonyl (C=O) groups is 2. The maximum absolute atomic E-state index is 12.6. The van der Waals surface area contributed by atoms with E-state index in [1.807, 2.05) is 0 Å². The lowest BCUT2D eigenvalue weighted by atomic mass is 10.2. The van der Waals surface area contributed by atoms with E-state index in [0.717, 1.165) is 10.4 Å². The van der Waals surface area contributed by atoms with Gasteiger partial charge in [-0.05, 0) is 36.4 Å². The Labute approximate surface area is 194 Å². The average molecular weight is 498 g/mol. The molecule has 1 N–H and O–H groups in total. The van der Waals surface area contributed by atoms with Crippen molar-refractivity contribution in [2.75, 3.05) is 39.1 Å². The van der Waals surface area contributed by atoms with Crippen LogP contribution in [0.25, 0.3) is 0 Å². The van der Waals surface area contributed by atoms with Crippen molar-refractivity contribution in [3.8, 4) is 0 Å². The zero-order chi connectivity index (χ0) is 24.8. The molecule has 0 saturated carbocycles. The molecule has 0 aromatic heterocycles. The molecule has 0 bridgehead atoms. The molecule has 0 aliphatic rings. The van der Waals surface area contributed by atoms with Gasteiger partial charge in [-0.1, -0.05) is 26.0 Å². The summed E-state index contributed by atoms with van der Waals surface area (Å²) in [5.74, 6) is -1.56. The quantitative estimate of drug-likeness (QED) is 0.495. The molecular weight excluding hydrogens is 470 g/mol. The van der Waals surface area contributed by atoms with E-state index in [9.17, 15) is 26.4 Å². The first-order chi connectivity index (χ1) is 15.4. The van der Waals surface area contributed by atoms with E-state index in [-0.39, 0.29) is 21.0 Å². The molecule has 0 radical (unpaired) electrons. The predicted octanol–water partition coefficient (Wildman–Crippen LogP) is 1.76. The highest BCUT2D eigenvalue weighted by molar-refractivity contribution is 7.89. The summed E-state index contributed by atoms with van der Waals surface area (Å²) in [6.07, 6.45) is 0. The standard InChI is InChI=1S/C21H27N3O7S2/c1-5-24(6-2)33(29,30)19-12-8-10-17(14-19)22-20(25)15-31-21(26)16-9-7-11-18(13-16)32(27,28)23(3)4/h7-14H,5-6,15H2,1-4H3,(H,22,25). The van der Waals surface area contributed by atoms with Gasteiger partial charge in [0.15, 0.2) is 6.61 Å². The van der Waals surface area contributed by atoms with Gasteiger partial charge in [0.1, 0.15) is 0 Å². The summed E-state index contributed by atoms with van der Waals surface area (Å²) in [4.78, 5) is 24.4. The van der Waals surface area contributed by atoms with Crippen LogP contribution >= 0.6 is 0 Å². The van der Waals surface area contributed by atoms with Crippen LogP contribution in [0.3, 0.4) is 0 Å². The molecule has 180 valence electrons. The van der Waals surface area contributed by atoms with Gasteiger partial charge in [-0.25, -0.2) is 25.9 Å². The smallest absolute Gasteiger partial charge is 0.338 e. The average Bonchev–Trinajstić information content (AvgIpc) is 2.78. The van der Waals surface area contributed by atoms with E-state index in [1.54, 1.807) is 13.8 Å². The second-order valence-corrected chi connectivity index (χ2v) is 11.1. The van der Waals surface area contributed by atoms with Crippen molar-refractivity contribution in [1.82, 2.24) is 8.61 Å². The second kappa shape index (κ2) is 10.9. The summed E-state index contributed by atoms with van der Waals surface area (Å²) >= 11 is 0. The number of nitrogens with one attached hydrogen (secondary N) is 1. The zero-order valence-corrected chi connectivity index (χ0v) is 20.4. The summed E-state index contributed by atoms with van der Waals surface area (Å²) in [5.41, 5.74) is 0.196. The van der Waals surface area contributed by atoms with Crippen LogP contribution in [0.15, 0.2) is 58.3 Å². The lowest BCUT2D eigenvalue weighted by Gasteiger charge is -2.18. The van der Waals surface area contributed by atoms with Crippen LogP contribution in [0.5, 0.6) is 0 Å². The molecule has 12 heteroatoms. The third-order valence-electron chi connectivity index (χ3n) is 4.64. The van der Waals surface area contributed by atoms with E-state index in [0.29, 0.717) is 13.1 Å². The second-order valence-electron chi connectivity index (χ2n) is 7.06. The Kier molecular flexibility index (Phi) is 8.72. The molecule has 0 atom stereocenters. The van der Waals surface area contributed by atoms with Gasteiger partial charge in [-0.2, -0.15) is 4.31 Å². The third-order valence-corrected chi connectivity index (χ3v) is 8.50. The Morgan fingerprint density at radius 3 is 2.03 bits per heavy atom. The van der Waals surface area contributed by atoms with Crippen molar-refractivity contribution in [2.24, 2.45) is 0 Å². The van der Waals surface area contributed by atoms with Gasteiger partial charge in [0.25, 0.3) is 5.91 Å². The van der Waals surface area contributed by atoms with Crippen molar-refractivity contribution in [1.29, 1.82) is 0 Å².